The van der Waals surface area contributed by atoms with Gasteiger partial charge < -0.3 is 18.9 Å². The molecule has 32 heavy (non-hydrogen) atoms. The Bertz CT molecular complexity index is 933. The summed E-state index contributed by atoms with van der Waals surface area (Å²) in [6.07, 6.45) is 1.77. The number of halogens is 1. The molecule has 0 aromatic heterocycles. The van der Waals surface area contributed by atoms with E-state index < -0.39 is 29.6 Å². The van der Waals surface area contributed by atoms with Crippen LogP contribution in [0.3, 0.4) is 0 Å². The average Bonchev–Trinajstić information content (AvgIpc) is 3.00. The number of amides is 2. The van der Waals surface area contributed by atoms with Crippen molar-refractivity contribution in [3.8, 4) is 11.5 Å². The lowest BCUT2D eigenvalue weighted by molar-refractivity contribution is -0.150. The lowest BCUT2D eigenvalue weighted by Gasteiger charge is -2.15. The normalized spacial score (nSPS) is 15.7. The van der Waals surface area contributed by atoms with Gasteiger partial charge in [0, 0.05) is 0 Å². The van der Waals surface area contributed by atoms with Crippen LogP contribution in [0, 0.1) is 0 Å². The molecule has 1 heterocycles. The number of carbonyl (C=O) groups excluding carboxylic acids is 4. The number of thioether (sulfide) groups is 1. The van der Waals surface area contributed by atoms with E-state index in [2.05, 4.69) is 4.74 Å². The summed E-state index contributed by atoms with van der Waals surface area (Å²) >= 11 is 6.99. The zero-order valence-electron chi connectivity index (χ0n) is 18.1. The van der Waals surface area contributed by atoms with Crippen molar-refractivity contribution in [1.82, 2.24) is 4.90 Å². The van der Waals surface area contributed by atoms with E-state index in [9.17, 15) is 19.2 Å². The van der Waals surface area contributed by atoms with Gasteiger partial charge in [0.25, 0.3) is 11.1 Å². The van der Waals surface area contributed by atoms with E-state index in [0.717, 1.165) is 4.90 Å². The molecule has 2 rings (SSSR count). The molecule has 0 radical (unpaired) electrons. The molecule has 0 unspecified atom stereocenters. The number of hydrogen-bond donors (Lipinski definition) is 0. The SMILES string of the molecule is CCOc1cc(/C=C2\SC(=O)N(CC(=O)O[C@@H](C)CC)C2=O)cc(Cl)c1OCC(=O)OC. The molecule has 0 aliphatic carbocycles. The maximum absolute atomic E-state index is 12.7. The minimum absolute atomic E-state index is 0.119. The van der Waals surface area contributed by atoms with Crippen LogP contribution in [0.15, 0.2) is 17.0 Å². The molecule has 0 saturated carbocycles. The van der Waals surface area contributed by atoms with Crippen LogP contribution in [0.2, 0.25) is 5.02 Å². The van der Waals surface area contributed by atoms with E-state index in [0.29, 0.717) is 30.4 Å². The molecule has 0 N–H and O–H groups in total. The van der Waals surface area contributed by atoms with Crippen LogP contribution in [0.5, 0.6) is 11.5 Å². The lowest BCUT2D eigenvalue weighted by Crippen LogP contribution is -2.35. The molecular formula is C21H24ClNO8S. The van der Waals surface area contributed by atoms with Crippen molar-refractivity contribution in [1.29, 1.82) is 0 Å². The summed E-state index contributed by atoms with van der Waals surface area (Å²) in [5, 5.41) is -0.432. The Hall–Kier alpha value is -2.72. The van der Waals surface area contributed by atoms with Crippen LogP contribution in [0.1, 0.15) is 32.8 Å². The maximum Gasteiger partial charge on any atom is 0.343 e. The summed E-state index contributed by atoms with van der Waals surface area (Å²) in [5.74, 6) is -1.45. The molecular weight excluding hydrogens is 462 g/mol. The van der Waals surface area contributed by atoms with Crippen LogP contribution >= 0.6 is 23.4 Å². The molecule has 1 aromatic carbocycles. The van der Waals surface area contributed by atoms with Gasteiger partial charge in [-0.3, -0.25) is 19.3 Å². The monoisotopic (exact) mass is 485 g/mol. The second-order valence-corrected chi connectivity index (χ2v) is 8.00. The van der Waals surface area contributed by atoms with Crippen molar-refractivity contribution in [2.75, 3.05) is 26.9 Å². The molecule has 174 valence electrons. The van der Waals surface area contributed by atoms with Gasteiger partial charge in [0.05, 0.1) is 29.7 Å². The van der Waals surface area contributed by atoms with Gasteiger partial charge in [-0.25, -0.2) is 4.79 Å². The molecule has 1 aliphatic heterocycles. The third-order valence-corrected chi connectivity index (χ3v) is 5.45. The van der Waals surface area contributed by atoms with Crippen LogP contribution < -0.4 is 9.47 Å². The van der Waals surface area contributed by atoms with E-state index in [1.807, 2.05) is 6.92 Å². The predicted molar refractivity (Wildman–Crippen MR) is 119 cm³/mol. The first-order valence-corrected chi connectivity index (χ1v) is 11.0. The fraction of sp³-hybridized carbons (Fsp3) is 0.429. The van der Waals surface area contributed by atoms with Gasteiger partial charge in [-0.1, -0.05) is 18.5 Å². The van der Waals surface area contributed by atoms with Crippen molar-refractivity contribution >= 4 is 52.5 Å². The van der Waals surface area contributed by atoms with E-state index in [4.69, 9.17) is 25.8 Å². The molecule has 9 nitrogen and oxygen atoms in total. The number of methoxy groups -OCH3 is 1. The lowest BCUT2D eigenvalue weighted by atomic mass is 10.1. The average molecular weight is 486 g/mol. The Balaban J connectivity index is 2.23. The largest absolute Gasteiger partial charge is 0.490 e. The van der Waals surface area contributed by atoms with E-state index >= 15 is 0 Å². The molecule has 2 amide bonds. The maximum atomic E-state index is 12.7. The zero-order valence-corrected chi connectivity index (χ0v) is 19.7. The highest BCUT2D eigenvalue weighted by Gasteiger charge is 2.37. The number of benzene rings is 1. The van der Waals surface area contributed by atoms with Crippen LogP contribution in [-0.4, -0.2) is 61.0 Å². The van der Waals surface area contributed by atoms with Gasteiger partial charge in [-0.15, -0.1) is 0 Å². The van der Waals surface area contributed by atoms with Gasteiger partial charge in [-0.05, 0) is 55.8 Å². The molecule has 1 fully saturated rings. The Kier molecular flexibility index (Phi) is 9.40. The quantitative estimate of drug-likeness (QED) is 0.362. The molecule has 1 saturated heterocycles. The Morgan fingerprint density at radius 2 is 1.91 bits per heavy atom. The van der Waals surface area contributed by atoms with Gasteiger partial charge in [0.15, 0.2) is 18.1 Å². The molecule has 1 atom stereocenters. The highest BCUT2D eigenvalue weighted by molar-refractivity contribution is 8.18. The van der Waals surface area contributed by atoms with Crippen molar-refractivity contribution in [2.45, 2.75) is 33.3 Å². The van der Waals surface area contributed by atoms with Gasteiger partial charge >= 0.3 is 11.9 Å². The minimum atomic E-state index is -0.656. The number of hydrogen-bond acceptors (Lipinski definition) is 9. The molecule has 1 aliphatic rings. The number of esters is 2. The Labute approximate surface area is 194 Å². The molecule has 1 aromatic rings. The highest BCUT2D eigenvalue weighted by Crippen LogP contribution is 2.39. The van der Waals surface area contributed by atoms with Gasteiger partial charge in [0.2, 0.25) is 0 Å². The summed E-state index contributed by atoms with van der Waals surface area (Å²) in [4.78, 5) is 49.2. The Morgan fingerprint density at radius 1 is 1.19 bits per heavy atom. The fourth-order valence-corrected chi connectivity index (χ4v) is 3.64. The van der Waals surface area contributed by atoms with Crippen molar-refractivity contribution in [2.24, 2.45) is 0 Å². The summed E-state index contributed by atoms with van der Waals surface area (Å²) in [6, 6.07) is 3.06. The topological polar surface area (TPSA) is 108 Å². The number of ether oxygens (including phenoxy) is 4. The zero-order chi connectivity index (χ0) is 23.8. The standard InChI is InChI=1S/C21H24ClNO8S/c1-5-12(3)31-17(24)10-23-20(26)16(32-21(23)27)9-13-7-14(22)19(15(8-13)29-6-2)30-11-18(25)28-4/h7-9,12H,5-6,10-11H2,1-4H3/b16-9-/t12-/m0/s1. The highest BCUT2D eigenvalue weighted by atomic mass is 35.5. The summed E-state index contributed by atoms with van der Waals surface area (Å²) in [7, 11) is 1.23. The predicted octanol–water partition coefficient (Wildman–Crippen LogP) is 3.67. The summed E-state index contributed by atoms with van der Waals surface area (Å²) in [6.45, 7) is 4.81. The molecule has 0 bridgehead atoms. The summed E-state index contributed by atoms with van der Waals surface area (Å²) in [5.41, 5.74) is 0.469. The van der Waals surface area contributed by atoms with Gasteiger partial charge in [-0.2, -0.15) is 0 Å². The van der Waals surface area contributed by atoms with Crippen LogP contribution in [-0.2, 0) is 23.9 Å². The number of carbonyl (C=O) groups is 4. The number of nitrogens with zero attached hydrogens (tertiary/aromatic N) is 1. The van der Waals surface area contributed by atoms with Crippen LogP contribution in [0.4, 0.5) is 4.79 Å². The number of rotatable bonds is 10. The van der Waals surface area contributed by atoms with Gasteiger partial charge in [0.1, 0.15) is 6.54 Å². The summed E-state index contributed by atoms with van der Waals surface area (Å²) < 4.78 is 20.6. The number of imide groups is 1. The van der Waals surface area contributed by atoms with Crippen LogP contribution in [0.25, 0.3) is 6.08 Å². The fourth-order valence-electron chi connectivity index (χ4n) is 2.53. The van der Waals surface area contributed by atoms with Crippen molar-refractivity contribution < 1.29 is 38.1 Å². The molecule has 11 heteroatoms. The third kappa shape index (κ3) is 6.64. The van der Waals surface area contributed by atoms with E-state index in [-0.39, 0.29) is 34.1 Å². The minimum Gasteiger partial charge on any atom is -0.490 e. The first-order valence-electron chi connectivity index (χ1n) is 9.80. The van der Waals surface area contributed by atoms with Crippen molar-refractivity contribution in [3.05, 3.63) is 27.6 Å². The first-order chi connectivity index (χ1) is 15.2. The molecule has 0 spiro atoms. The Morgan fingerprint density at radius 3 is 2.53 bits per heavy atom. The first kappa shape index (κ1) is 25.5. The van der Waals surface area contributed by atoms with Crippen molar-refractivity contribution in [3.63, 3.8) is 0 Å². The van der Waals surface area contributed by atoms with E-state index in [1.54, 1.807) is 19.9 Å². The van der Waals surface area contributed by atoms with E-state index in [1.165, 1.54) is 19.3 Å². The second kappa shape index (κ2) is 11.8. The smallest absolute Gasteiger partial charge is 0.343 e. The second-order valence-electron chi connectivity index (χ2n) is 6.60. The third-order valence-electron chi connectivity index (χ3n) is 4.26.